The van der Waals surface area contributed by atoms with E-state index in [4.69, 9.17) is 9.47 Å². The Labute approximate surface area is 180 Å². The maximum absolute atomic E-state index is 12.1. The van der Waals surface area contributed by atoms with Crippen molar-refractivity contribution in [1.29, 1.82) is 0 Å². The molecule has 0 aromatic rings. The molecular weight excluding hydrogens is 459 g/mol. The number of guanidine groups is 1. The maximum atomic E-state index is 12.1. The number of hydrogen-bond donors (Lipinski definition) is 3. The van der Waals surface area contributed by atoms with Gasteiger partial charge in [0.15, 0.2) is 5.96 Å². The summed E-state index contributed by atoms with van der Waals surface area (Å²) in [7, 11) is 1.75. The zero-order valence-electron chi connectivity index (χ0n) is 16.6. The first-order valence-corrected chi connectivity index (χ1v) is 10.2. The van der Waals surface area contributed by atoms with Crippen LogP contribution in [0.2, 0.25) is 0 Å². The molecule has 1 saturated heterocycles. The minimum absolute atomic E-state index is 0. The van der Waals surface area contributed by atoms with Crippen molar-refractivity contribution in [1.82, 2.24) is 16.0 Å². The van der Waals surface area contributed by atoms with Gasteiger partial charge >= 0.3 is 0 Å². The Balaban J connectivity index is 0.00000364. The van der Waals surface area contributed by atoms with Gasteiger partial charge in [0.25, 0.3) is 0 Å². The van der Waals surface area contributed by atoms with Crippen molar-refractivity contribution in [3.05, 3.63) is 0 Å². The molecule has 0 aromatic carbocycles. The van der Waals surface area contributed by atoms with Crippen molar-refractivity contribution in [3.63, 3.8) is 0 Å². The molecule has 0 bridgehead atoms. The second kappa shape index (κ2) is 15.3. The van der Waals surface area contributed by atoms with Gasteiger partial charge in [-0.05, 0) is 32.1 Å². The monoisotopic (exact) mass is 496 g/mol. The highest BCUT2D eigenvalue weighted by molar-refractivity contribution is 14.0. The molecule has 0 spiro atoms. The maximum Gasteiger partial charge on any atom is 0.223 e. The number of rotatable bonds is 10. The first-order chi connectivity index (χ1) is 12.8. The largest absolute Gasteiger partial charge is 0.379 e. The summed E-state index contributed by atoms with van der Waals surface area (Å²) in [6, 6.07) is 0. The summed E-state index contributed by atoms with van der Waals surface area (Å²) in [6.07, 6.45) is 9.20. The standard InChI is InChI=1S/C19H36N4O3.HI/c1-20-19(22-10-6-13-25-15-17-9-5-14-26-17)23-12-11-21-18(24)16-7-3-2-4-8-16;/h16-17H,2-15H2,1H3,(H,21,24)(H2,20,22,23);1H. The van der Waals surface area contributed by atoms with Gasteiger partial charge in [0.1, 0.15) is 0 Å². The van der Waals surface area contributed by atoms with Crippen molar-refractivity contribution >= 4 is 35.8 Å². The van der Waals surface area contributed by atoms with Crippen LogP contribution in [0.5, 0.6) is 0 Å². The molecule has 2 rings (SSSR count). The second-order valence-electron chi connectivity index (χ2n) is 7.12. The number of nitrogens with zero attached hydrogens (tertiary/aromatic N) is 1. The number of halogens is 1. The summed E-state index contributed by atoms with van der Waals surface area (Å²) in [5.41, 5.74) is 0. The van der Waals surface area contributed by atoms with Gasteiger partial charge in [-0.15, -0.1) is 24.0 Å². The van der Waals surface area contributed by atoms with Gasteiger partial charge in [-0.1, -0.05) is 19.3 Å². The molecule has 1 amide bonds. The van der Waals surface area contributed by atoms with E-state index < -0.39 is 0 Å². The van der Waals surface area contributed by atoms with Crippen LogP contribution >= 0.6 is 24.0 Å². The van der Waals surface area contributed by atoms with Gasteiger partial charge in [0, 0.05) is 45.8 Å². The highest BCUT2D eigenvalue weighted by Gasteiger charge is 2.20. The number of carbonyl (C=O) groups excluding carboxylic acids is 1. The van der Waals surface area contributed by atoms with Crippen LogP contribution in [-0.2, 0) is 14.3 Å². The van der Waals surface area contributed by atoms with E-state index in [1.54, 1.807) is 7.05 Å². The molecule has 8 heteroatoms. The minimum atomic E-state index is 0. The molecule has 7 nitrogen and oxygen atoms in total. The van der Waals surface area contributed by atoms with Gasteiger partial charge in [-0.3, -0.25) is 9.79 Å². The molecule has 1 aliphatic carbocycles. The Kier molecular flexibility index (Phi) is 13.9. The molecule has 1 heterocycles. The van der Waals surface area contributed by atoms with Crippen LogP contribution in [0, 0.1) is 5.92 Å². The fourth-order valence-electron chi connectivity index (χ4n) is 3.47. The van der Waals surface area contributed by atoms with Gasteiger partial charge in [-0.2, -0.15) is 0 Å². The van der Waals surface area contributed by atoms with Crippen LogP contribution in [0.25, 0.3) is 0 Å². The van der Waals surface area contributed by atoms with E-state index in [0.29, 0.717) is 25.8 Å². The molecule has 1 saturated carbocycles. The number of aliphatic imine (C=N–C) groups is 1. The Bertz CT molecular complexity index is 425. The molecule has 2 aliphatic rings. The predicted octanol–water partition coefficient (Wildman–Crippen LogP) is 2.05. The number of ether oxygens (including phenoxy) is 2. The fraction of sp³-hybridized carbons (Fsp3) is 0.895. The summed E-state index contributed by atoms with van der Waals surface area (Å²) >= 11 is 0. The first kappa shape index (κ1) is 24.4. The SMILES string of the molecule is CN=C(NCCCOCC1CCCO1)NCCNC(=O)C1CCCCC1.I. The van der Waals surface area contributed by atoms with Crippen molar-refractivity contribution in [2.45, 2.75) is 57.5 Å². The molecule has 1 atom stereocenters. The van der Waals surface area contributed by atoms with Gasteiger partial charge in [-0.25, -0.2) is 0 Å². The lowest BCUT2D eigenvalue weighted by Gasteiger charge is -2.21. The van der Waals surface area contributed by atoms with Gasteiger partial charge in [0.2, 0.25) is 5.91 Å². The lowest BCUT2D eigenvalue weighted by Crippen LogP contribution is -2.43. The normalized spacial score (nSPS) is 20.8. The van der Waals surface area contributed by atoms with E-state index in [1.165, 1.54) is 19.3 Å². The highest BCUT2D eigenvalue weighted by Crippen LogP contribution is 2.23. The number of amides is 1. The third-order valence-corrected chi connectivity index (χ3v) is 5.00. The van der Waals surface area contributed by atoms with E-state index in [1.807, 2.05) is 0 Å². The van der Waals surface area contributed by atoms with Crippen LogP contribution in [0.3, 0.4) is 0 Å². The van der Waals surface area contributed by atoms with Crippen molar-refractivity contribution in [3.8, 4) is 0 Å². The minimum Gasteiger partial charge on any atom is -0.379 e. The van der Waals surface area contributed by atoms with E-state index >= 15 is 0 Å². The number of nitrogens with one attached hydrogen (secondary N) is 3. The fourth-order valence-corrected chi connectivity index (χ4v) is 3.47. The number of hydrogen-bond acceptors (Lipinski definition) is 4. The van der Waals surface area contributed by atoms with E-state index in [2.05, 4.69) is 20.9 Å². The third-order valence-electron chi connectivity index (χ3n) is 5.00. The molecule has 0 aromatic heterocycles. The Morgan fingerprint density at radius 1 is 1.04 bits per heavy atom. The zero-order chi connectivity index (χ0) is 18.5. The molecule has 158 valence electrons. The first-order valence-electron chi connectivity index (χ1n) is 10.2. The molecule has 0 radical (unpaired) electrons. The number of carbonyl (C=O) groups is 1. The van der Waals surface area contributed by atoms with E-state index in [0.717, 1.165) is 57.8 Å². The van der Waals surface area contributed by atoms with Gasteiger partial charge < -0.3 is 25.4 Å². The lowest BCUT2D eigenvalue weighted by atomic mass is 9.89. The average Bonchev–Trinajstić information content (AvgIpc) is 3.20. The molecular formula is C19H37IN4O3. The average molecular weight is 496 g/mol. The van der Waals surface area contributed by atoms with E-state index in [9.17, 15) is 4.79 Å². The highest BCUT2D eigenvalue weighted by atomic mass is 127. The van der Waals surface area contributed by atoms with Crippen LogP contribution in [0.15, 0.2) is 4.99 Å². The topological polar surface area (TPSA) is 84.0 Å². The Morgan fingerprint density at radius 3 is 2.48 bits per heavy atom. The summed E-state index contributed by atoms with van der Waals surface area (Å²) < 4.78 is 11.2. The molecule has 3 N–H and O–H groups in total. The molecule has 27 heavy (non-hydrogen) atoms. The molecule has 2 fully saturated rings. The van der Waals surface area contributed by atoms with Crippen LogP contribution in [0.4, 0.5) is 0 Å². The second-order valence-corrected chi connectivity index (χ2v) is 7.12. The van der Waals surface area contributed by atoms with Crippen molar-refractivity contribution < 1.29 is 14.3 Å². The Morgan fingerprint density at radius 2 is 1.78 bits per heavy atom. The van der Waals surface area contributed by atoms with Crippen LogP contribution in [-0.4, -0.2) is 64.5 Å². The quantitative estimate of drug-likeness (QED) is 0.187. The lowest BCUT2D eigenvalue weighted by molar-refractivity contribution is -0.125. The smallest absolute Gasteiger partial charge is 0.223 e. The summed E-state index contributed by atoms with van der Waals surface area (Å²) in [5, 5.41) is 9.52. The van der Waals surface area contributed by atoms with Crippen molar-refractivity contribution in [2.75, 3.05) is 46.5 Å². The van der Waals surface area contributed by atoms with Crippen LogP contribution < -0.4 is 16.0 Å². The molecule has 1 aliphatic heterocycles. The van der Waals surface area contributed by atoms with E-state index in [-0.39, 0.29) is 35.8 Å². The summed E-state index contributed by atoms with van der Waals surface area (Å²) in [6.45, 7) is 4.40. The Hall–Kier alpha value is -0.610. The summed E-state index contributed by atoms with van der Waals surface area (Å²) in [4.78, 5) is 16.3. The summed E-state index contributed by atoms with van der Waals surface area (Å²) in [5.74, 6) is 1.18. The molecule has 1 unspecified atom stereocenters. The third kappa shape index (κ3) is 10.5. The van der Waals surface area contributed by atoms with Crippen molar-refractivity contribution in [2.24, 2.45) is 10.9 Å². The van der Waals surface area contributed by atoms with Crippen LogP contribution in [0.1, 0.15) is 51.4 Å². The van der Waals surface area contributed by atoms with Gasteiger partial charge in [0.05, 0.1) is 12.7 Å². The zero-order valence-corrected chi connectivity index (χ0v) is 19.0. The predicted molar refractivity (Wildman–Crippen MR) is 119 cm³/mol.